The van der Waals surface area contributed by atoms with Crippen molar-refractivity contribution in [1.82, 2.24) is 5.32 Å². The van der Waals surface area contributed by atoms with Gasteiger partial charge in [0, 0.05) is 0 Å². The van der Waals surface area contributed by atoms with Crippen LogP contribution in [0.5, 0.6) is 0 Å². The summed E-state index contributed by atoms with van der Waals surface area (Å²) in [6.45, 7) is 0. The van der Waals surface area contributed by atoms with E-state index in [1.54, 1.807) is 0 Å². The molecule has 0 aliphatic heterocycles. The molecule has 2 N–H and O–H groups in total. The van der Waals surface area contributed by atoms with Crippen molar-refractivity contribution in [2.45, 2.75) is 44.2 Å². The molecule has 0 saturated heterocycles. The van der Waals surface area contributed by atoms with Crippen molar-refractivity contribution in [3.8, 4) is 0 Å². The number of hydrogen-bond acceptors (Lipinski definition) is 2. The van der Waals surface area contributed by atoms with Gasteiger partial charge in [0.2, 0.25) is 0 Å². The van der Waals surface area contributed by atoms with Gasteiger partial charge in [0.25, 0.3) is 0 Å². The lowest BCUT2D eigenvalue weighted by molar-refractivity contribution is 0.0521. The third-order valence-electron chi connectivity index (χ3n) is 3.94. The Labute approximate surface area is 104 Å². The predicted octanol–water partition coefficient (Wildman–Crippen LogP) is 2.89. The first-order chi connectivity index (χ1) is 8.33. The molecule has 1 fully saturated rings. The van der Waals surface area contributed by atoms with Crippen molar-refractivity contribution in [1.29, 1.82) is 0 Å². The molecule has 1 saturated carbocycles. The molecule has 0 heterocycles. The lowest BCUT2D eigenvalue weighted by Crippen LogP contribution is -2.36. The summed E-state index contributed by atoms with van der Waals surface area (Å²) in [4.78, 5) is 0. The summed E-state index contributed by atoms with van der Waals surface area (Å²) < 4.78 is 0. The van der Waals surface area contributed by atoms with Gasteiger partial charge in [0.15, 0.2) is 0 Å². The molecule has 0 amide bonds. The first-order valence-electron chi connectivity index (χ1n) is 6.73. The molecule has 2 heteroatoms. The molecule has 0 bridgehead atoms. The summed E-state index contributed by atoms with van der Waals surface area (Å²) in [6, 6.07) is 10.3. The van der Waals surface area contributed by atoms with Crippen molar-refractivity contribution >= 4 is 0 Å². The van der Waals surface area contributed by atoms with Crippen molar-refractivity contribution in [3.63, 3.8) is 0 Å². The second-order valence-electron chi connectivity index (χ2n) is 5.07. The van der Waals surface area contributed by atoms with Crippen molar-refractivity contribution < 1.29 is 5.11 Å². The third-order valence-corrected chi connectivity index (χ3v) is 3.94. The normalized spacial score (nSPS) is 21.1. The third kappa shape index (κ3) is 3.08. The van der Waals surface area contributed by atoms with Gasteiger partial charge in [-0.25, -0.2) is 0 Å². The van der Waals surface area contributed by atoms with Gasteiger partial charge in [0.1, 0.15) is 0 Å². The maximum atomic E-state index is 10.5. The van der Waals surface area contributed by atoms with E-state index in [1.807, 2.05) is 25.2 Å². The van der Waals surface area contributed by atoms with E-state index in [2.05, 4.69) is 17.4 Å². The highest BCUT2D eigenvalue weighted by Crippen LogP contribution is 2.32. The fraction of sp³-hybridized carbons (Fsp3) is 0.600. The second kappa shape index (κ2) is 6.18. The van der Waals surface area contributed by atoms with Gasteiger partial charge in [-0.05, 0) is 31.4 Å². The topological polar surface area (TPSA) is 32.3 Å². The van der Waals surface area contributed by atoms with E-state index < -0.39 is 0 Å². The summed E-state index contributed by atoms with van der Waals surface area (Å²) in [5.41, 5.74) is 1.19. The Bertz CT molecular complexity index is 319. The highest BCUT2D eigenvalue weighted by Gasteiger charge is 2.28. The first kappa shape index (κ1) is 12.6. The van der Waals surface area contributed by atoms with Crippen LogP contribution in [-0.2, 0) is 0 Å². The van der Waals surface area contributed by atoms with E-state index in [1.165, 1.54) is 37.7 Å². The smallest absolute Gasteiger partial charge is 0.0762 e. The van der Waals surface area contributed by atoms with Gasteiger partial charge < -0.3 is 10.4 Å². The van der Waals surface area contributed by atoms with Crippen LogP contribution < -0.4 is 5.32 Å². The molecule has 0 radical (unpaired) electrons. The van der Waals surface area contributed by atoms with Crippen molar-refractivity contribution in [2.24, 2.45) is 5.92 Å². The fourth-order valence-corrected chi connectivity index (χ4v) is 2.94. The monoisotopic (exact) mass is 233 g/mol. The van der Waals surface area contributed by atoms with E-state index in [0.717, 1.165) is 0 Å². The summed E-state index contributed by atoms with van der Waals surface area (Å²) in [5.74, 6) is 0.460. The molecular formula is C15H23NO. The lowest BCUT2D eigenvalue weighted by Gasteiger charge is -2.32. The van der Waals surface area contributed by atoms with Crippen LogP contribution >= 0.6 is 0 Å². The minimum Gasteiger partial charge on any atom is -0.391 e. The Morgan fingerprint density at radius 1 is 1.12 bits per heavy atom. The Hall–Kier alpha value is -0.860. The molecule has 2 rings (SSSR count). The Morgan fingerprint density at radius 3 is 2.35 bits per heavy atom. The van der Waals surface area contributed by atoms with Crippen LogP contribution in [0.2, 0.25) is 0 Å². The Morgan fingerprint density at radius 2 is 1.76 bits per heavy atom. The van der Waals surface area contributed by atoms with Gasteiger partial charge in [-0.2, -0.15) is 0 Å². The zero-order valence-electron chi connectivity index (χ0n) is 10.6. The SMILES string of the molecule is CNC(c1ccccc1)C(O)C1CCCCC1. The van der Waals surface area contributed by atoms with Crippen LogP contribution in [0.1, 0.15) is 43.7 Å². The van der Waals surface area contributed by atoms with Crippen LogP contribution in [-0.4, -0.2) is 18.3 Å². The standard InChI is InChI=1S/C15H23NO/c1-16-14(12-8-4-2-5-9-12)15(17)13-10-6-3-7-11-13/h2,4-5,8-9,13-17H,3,6-7,10-11H2,1H3. The molecular weight excluding hydrogens is 210 g/mol. The summed E-state index contributed by atoms with van der Waals surface area (Å²) in [5, 5.41) is 13.8. The van der Waals surface area contributed by atoms with Crippen LogP contribution in [0.4, 0.5) is 0 Å². The quantitative estimate of drug-likeness (QED) is 0.838. The van der Waals surface area contributed by atoms with Crippen LogP contribution in [0.15, 0.2) is 30.3 Å². The van der Waals surface area contributed by atoms with Gasteiger partial charge in [-0.15, -0.1) is 0 Å². The molecule has 1 aromatic rings. The van der Waals surface area contributed by atoms with E-state index in [4.69, 9.17) is 0 Å². The van der Waals surface area contributed by atoms with E-state index in [-0.39, 0.29) is 12.1 Å². The molecule has 1 aromatic carbocycles. The van der Waals surface area contributed by atoms with Crippen LogP contribution in [0.3, 0.4) is 0 Å². The number of likely N-dealkylation sites (N-methyl/N-ethyl adjacent to an activating group) is 1. The molecule has 1 aliphatic rings. The van der Waals surface area contributed by atoms with Crippen LogP contribution in [0.25, 0.3) is 0 Å². The Balaban J connectivity index is 2.07. The molecule has 2 nitrogen and oxygen atoms in total. The van der Waals surface area contributed by atoms with Gasteiger partial charge in [-0.3, -0.25) is 0 Å². The molecule has 1 aliphatic carbocycles. The average Bonchev–Trinajstić information content (AvgIpc) is 2.42. The first-order valence-corrected chi connectivity index (χ1v) is 6.73. The number of aliphatic hydroxyl groups is 1. The number of nitrogens with one attached hydrogen (secondary N) is 1. The molecule has 0 spiro atoms. The molecule has 2 atom stereocenters. The average molecular weight is 233 g/mol. The molecule has 0 aromatic heterocycles. The molecule has 2 unspecified atom stereocenters. The fourth-order valence-electron chi connectivity index (χ4n) is 2.94. The largest absolute Gasteiger partial charge is 0.391 e. The number of hydrogen-bond donors (Lipinski definition) is 2. The summed E-state index contributed by atoms with van der Waals surface area (Å²) in [6.07, 6.45) is 5.96. The van der Waals surface area contributed by atoms with Gasteiger partial charge in [0.05, 0.1) is 12.1 Å². The van der Waals surface area contributed by atoms with Crippen molar-refractivity contribution in [2.75, 3.05) is 7.05 Å². The zero-order valence-corrected chi connectivity index (χ0v) is 10.6. The Kier molecular flexibility index (Phi) is 4.57. The number of aliphatic hydroxyl groups excluding tert-OH is 1. The summed E-state index contributed by atoms with van der Waals surface area (Å²) >= 11 is 0. The predicted molar refractivity (Wildman–Crippen MR) is 70.8 cm³/mol. The van der Waals surface area contributed by atoms with E-state index in [9.17, 15) is 5.11 Å². The highest BCUT2D eigenvalue weighted by molar-refractivity contribution is 5.20. The lowest BCUT2D eigenvalue weighted by atomic mass is 9.81. The van der Waals surface area contributed by atoms with E-state index in [0.29, 0.717) is 5.92 Å². The number of rotatable bonds is 4. The summed E-state index contributed by atoms with van der Waals surface area (Å²) in [7, 11) is 1.93. The molecule has 17 heavy (non-hydrogen) atoms. The minimum absolute atomic E-state index is 0.0688. The highest BCUT2D eigenvalue weighted by atomic mass is 16.3. The molecule has 94 valence electrons. The van der Waals surface area contributed by atoms with Gasteiger partial charge in [-0.1, -0.05) is 49.6 Å². The van der Waals surface area contributed by atoms with Crippen LogP contribution in [0, 0.1) is 5.92 Å². The maximum absolute atomic E-state index is 10.5. The zero-order chi connectivity index (χ0) is 12.1. The van der Waals surface area contributed by atoms with Crippen molar-refractivity contribution in [3.05, 3.63) is 35.9 Å². The maximum Gasteiger partial charge on any atom is 0.0762 e. The van der Waals surface area contributed by atoms with E-state index >= 15 is 0 Å². The van der Waals surface area contributed by atoms with Gasteiger partial charge >= 0.3 is 0 Å². The second-order valence-corrected chi connectivity index (χ2v) is 5.07. The minimum atomic E-state index is -0.261. The number of benzene rings is 1.